The normalized spacial score (nSPS) is 10.5. The third-order valence-electron chi connectivity index (χ3n) is 2.98. The maximum absolute atomic E-state index is 10.4. The van der Waals surface area contributed by atoms with Crippen LogP contribution in [0, 0.1) is 0 Å². The molecule has 0 bridgehead atoms. The Labute approximate surface area is 108 Å². The van der Waals surface area contributed by atoms with Gasteiger partial charge in [0.05, 0.1) is 6.54 Å². The summed E-state index contributed by atoms with van der Waals surface area (Å²) in [5.41, 5.74) is 2.53. The number of benzene rings is 2. The van der Waals surface area contributed by atoms with Crippen molar-refractivity contribution in [2.45, 2.75) is 5.92 Å². The fraction of sp³-hybridized carbons (Fsp3) is 0.188. The van der Waals surface area contributed by atoms with E-state index in [1.165, 1.54) is 11.1 Å². The Balaban J connectivity index is 2.21. The van der Waals surface area contributed by atoms with E-state index in [9.17, 15) is 4.79 Å². The summed E-state index contributed by atoms with van der Waals surface area (Å²) in [4.78, 5) is 10.4. The van der Waals surface area contributed by atoms with Gasteiger partial charge >= 0.3 is 0 Å². The van der Waals surface area contributed by atoms with E-state index in [1.807, 2.05) is 36.4 Å². The van der Waals surface area contributed by atoms with E-state index >= 15 is 0 Å². The van der Waals surface area contributed by atoms with Gasteiger partial charge in [-0.3, -0.25) is 0 Å². The summed E-state index contributed by atoms with van der Waals surface area (Å²) < 4.78 is 0. The maximum Gasteiger partial charge on any atom is 0.133 e. The van der Waals surface area contributed by atoms with Crippen molar-refractivity contribution in [3.63, 3.8) is 0 Å². The summed E-state index contributed by atoms with van der Waals surface area (Å²) in [7, 11) is 0. The number of hydrogen-bond acceptors (Lipinski definition) is 2. The van der Waals surface area contributed by atoms with Crippen molar-refractivity contribution in [2.75, 3.05) is 13.1 Å². The minimum Gasteiger partial charge on any atom is -0.309 e. The molecule has 1 N–H and O–H groups in total. The zero-order valence-corrected chi connectivity index (χ0v) is 10.3. The van der Waals surface area contributed by atoms with E-state index in [2.05, 4.69) is 29.6 Å². The van der Waals surface area contributed by atoms with E-state index < -0.39 is 0 Å². The quantitative estimate of drug-likeness (QED) is 0.620. The van der Waals surface area contributed by atoms with Crippen molar-refractivity contribution in [1.29, 1.82) is 0 Å². The molecule has 0 saturated heterocycles. The Morgan fingerprint density at radius 3 is 1.83 bits per heavy atom. The fourth-order valence-corrected chi connectivity index (χ4v) is 2.09. The number of carbonyl (C=O) groups is 1. The van der Waals surface area contributed by atoms with Gasteiger partial charge in [0.25, 0.3) is 0 Å². The molecular weight excluding hydrogens is 222 g/mol. The molecule has 0 aromatic heterocycles. The molecule has 0 spiro atoms. The second-order valence-corrected chi connectivity index (χ2v) is 4.20. The van der Waals surface area contributed by atoms with E-state index in [1.54, 1.807) is 0 Å². The molecule has 0 aliphatic carbocycles. The fourth-order valence-electron chi connectivity index (χ4n) is 2.09. The predicted molar refractivity (Wildman–Crippen MR) is 73.7 cm³/mol. The molecule has 2 nitrogen and oxygen atoms in total. The van der Waals surface area contributed by atoms with Gasteiger partial charge in [0.2, 0.25) is 0 Å². The highest BCUT2D eigenvalue weighted by Crippen LogP contribution is 2.23. The van der Waals surface area contributed by atoms with E-state index in [0.29, 0.717) is 6.54 Å². The highest BCUT2D eigenvalue weighted by molar-refractivity contribution is 5.51. The Morgan fingerprint density at radius 1 is 0.889 bits per heavy atom. The van der Waals surface area contributed by atoms with Crippen molar-refractivity contribution in [3.05, 3.63) is 71.8 Å². The minimum absolute atomic E-state index is 0.285. The van der Waals surface area contributed by atoms with Crippen molar-refractivity contribution in [3.8, 4) is 0 Å². The topological polar surface area (TPSA) is 29.1 Å². The monoisotopic (exact) mass is 239 g/mol. The first-order valence-electron chi connectivity index (χ1n) is 6.16. The van der Waals surface area contributed by atoms with Gasteiger partial charge in [-0.25, -0.2) is 0 Å². The minimum atomic E-state index is 0.285. The Kier molecular flexibility index (Phi) is 4.68. The largest absolute Gasteiger partial charge is 0.309 e. The van der Waals surface area contributed by atoms with Crippen LogP contribution in [0.2, 0.25) is 0 Å². The van der Waals surface area contributed by atoms with Gasteiger partial charge in [0, 0.05) is 12.5 Å². The van der Waals surface area contributed by atoms with Crippen molar-refractivity contribution >= 4 is 6.29 Å². The van der Waals surface area contributed by atoms with Crippen molar-refractivity contribution in [1.82, 2.24) is 5.32 Å². The molecule has 92 valence electrons. The summed E-state index contributed by atoms with van der Waals surface area (Å²) in [6, 6.07) is 20.7. The lowest BCUT2D eigenvalue weighted by atomic mass is 9.91. The molecule has 0 amide bonds. The van der Waals surface area contributed by atoms with Crippen molar-refractivity contribution < 1.29 is 4.79 Å². The van der Waals surface area contributed by atoms with Crippen LogP contribution in [0.15, 0.2) is 60.7 Å². The molecule has 2 aromatic rings. The zero-order chi connectivity index (χ0) is 12.6. The molecule has 18 heavy (non-hydrogen) atoms. The molecule has 0 aliphatic rings. The number of aldehydes is 1. The van der Waals surface area contributed by atoms with Gasteiger partial charge < -0.3 is 10.1 Å². The van der Waals surface area contributed by atoms with Crippen LogP contribution in [-0.4, -0.2) is 19.4 Å². The molecule has 0 unspecified atom stereocenters. The highest BCUT2D eigenvalue weighted by atomic mass is 16.1. The van der Waals surface area contributed by atoms with Crippen LogP contribution in [0.5, 0.6) is 0 Å². The molecule has 0 saturated carbocycles. The maximum atomic E-state index is 10.4. The summed E-state index contributed by atoms with van der Waals surface area (Å²) >= 11 is 0. The molecule has 0 radical (unpaired) electrons. The van der Waals surface area contributed by atoms with Gasteiger partial charge in [-0.1, -0.05) is 60.7 Å². The smallest absolute Gasteiger partial charge is 0.133 e. The number of rotatable bonds is 6. The Morgan fingerprint density at radius 2 is 1.39 bits per heavy atom. The van der Waals surface area contributed by atoms with E-state index in [-0.39, 0.29) is 5.92 Å². The molecule has 2 rings (SSSR count). The first-order valence-corrected chi connectivity index (χ1v) is 6.16. The van der Waals surface area contributed by atoms with Gasteiger partial charge in [-0.05, 0) is 11.1 Å². The molecule has 2 aromatic carbocycles. The lowest BCUT2D eigenvalue weighted by Crippen LogP contribution is -2.24. The summed E-state index contributed by atoms with van der Waals surface area (Å²) in [5.74, 6) is 0.285. The standard InChI is InChI=1S/C16H17NO/c18-12-11-17-13-16(14-7-3-1-4-8-14)15-9-5-2-6-10-15/h1-10,12,16-17H,11,13H2. The molecular formula is C16H17NO. The van der Waals surface area contributed by atoms with Gasteiger partial charge in [-0.15, -0.1) is 0 Å². The first kappa shape index (κ1) is 12.5. The summed E-state index contributed by atoms with van der Waals surface area (Å²) in [6.07, 6.45) is 0.896. The van der Waals surface area contributed by atoms with Crippen molar-refractivity contribution in [2.24, 2.45) is 0 Å². The van der Waals surface area contributed by atoms with Crippen LogP contribution in [0.4, 0.5) is 0 Å². The van der Waals surface area contributed by atoms with Crippen LogP contribution in [0.1, 0.15) is 17.0 Å². The van der Waals surface area contributed by atoms with E-state index in [4.69, 9.17) is 0 Å². The third-order valence-corrected chi connectivity index (χ3v) is 2.98. The first-order chi connectivity index (χ1) is 8.92. The zero-order valence-electron chi connectivity index (χ0n) is 10.3. The van der Waals surface area contributed by atoms with E-state index in [0.717, 1.165) is 12.8 Å². The Bertz CT molecular complexity index is 427. The van der Waals surface area contributed by atoms with Crippen LogP contribution in [0.25, 0.3) is 0 Å². The predicted octanol–water partition coefficient (Wildman–Crippen LogP) is 2.61. The Hall–Kier alpha value is -1.93. The SMILES string of the molecule is O=CCNCC(c1ccccc1)c1ccccc1. The van der Waals surface area contributed by atoms with Crippen LogP contribution in [-0.2, 0) is 4.79 Å². The average molecular weight is 239 g/mol. The number of carbonyl (C=O) groups excluding carboxylic acids is 1. The van der Waals surface area contributed by atoms with Gasteiger partial charge in [0.15, 0.2) is 0 Å². The lowest BCUT2D eigenvalue weighted by molar-refractivity contribution is -0.107. The van der Waals surface area contributed by atoms with Crippen LogP contribution >= 0.6 is 0 Å². The molecule has 0 aliphatic heterocycles. The average Bonchev–Trinajstić information content (AvgIpc) is 2.46. The second-order valence-electron chi connectivity index (χ2n) is 4.20. The summed E-state index contributed by atoms with van der Waals surface area (Å²) in [5, 5.41) is 3.16. The molecule has 2 heteroatoms. The van der Waals surface area contributed by atoms with Crippen LogP contribution < -0.4 is 5.32 Å². The van der Waals surface area contributed by atoms with Crippen LogP contribution in [0.3, 0.4) is 0 Å². The molecule has 0 atom stereocenters. The van der Waals surface area contributed by atoms with Gasteiger partial charge in [-0.2, -0.15) is 0 Å². The lowest BCUT2D eigenvalue weighted by Gasteiger charge is -2.18. The highest BCUT2D eigenvalue weighted by Gasteiger charge is 2.12. The summed E-state index contributed by atoms with van der Waals surface area (Å²) in [6.45, 7) is 1.17. The molecule has 0 fully saturated rings. The second kappa shape index (κ2) is 6.72. The third kappa shape index (κ3) is 3.28. The number of nitrogens with one attached hydrogen (secondary N) is 1. The van der Waals surface area contributed by atoms with Gasteiger partial charge in [0.1, 0.15) is 6.29 Å². The molecule has 0 heterocycles. The number of hydrogen-bond donors (Lipinski definition) is 1.